The van der Waals surface area contributed by atoms with Crippen LogP contribution in [0.1, 0.15) is 0 Å². The lowest BCUT2D eigenvalue weighted by atomic mass is 9.98. The Balaban J connectivity index is 0.990. The molecule has 0 saturated carbocycles. The molecule has 0 saturated heterocycles. The van der Waals surface area contributed by atoms with E-state index in [-0.39, 0.29) is 0 Å². The first-order valence-electron chi connectivity index (χ1n) is 20.5. The summed E-state index contributed by atoms with van der Waals surface area (Å²) in [6.45, 7) is 0. The topological polar surface area (TPSA) is 56.0 Å². The molecule has 3 aromatic heterocycles. The highest BCUT2D eigenvalue weighted by atomic mass is 15.0. The molecule has 286 valence electrons. The molecular formula is C56H37N5. The highest BCUT2D eigenvalue weighted by Crippen LogP contribution is 2.36. The highest BCUT2D eigenvalue weighted by Gasteiger charge is 2.18. The quantitative estimate of drug-likeness (QED) is 0.154. The molecule has 5 heteroatoms. The molecule has 0 aliphatic heterocycles. The normalized spacial score (nSPS) is 11.3. The number of nitrogens with zero attached hydrogens (tertiary/aromatic N) is 5. The largest absolute Gasteiger partial charge is 0.299 e. The van der Waals surface area contributed by atoms with Gasteiger partial charge in [0, 0.05) is 34.0 Å². The molecule has 0 aliphatic rings. The van der Waals surface area contributed by atoms with Gasteiger partial charge in [0.25, 0.3) is 0 Å². The summed E-state index contributed by atoms with van der Waals surface area (Å²) in [5.41, 5.74) is 14.5. The Labute approximate surface area is 354 Å². The average molecular weight is 780 g/mol. The lowest BCUT2D eigenvalue weighted by molar-refractivity contribution is 1.07. The molecule has 0 aliphatic carbocycles. The third-order valence-corrected chi connectivity index (χ3v) is 11.3. The third kappa shape index (κ3) is 7.04. The average Bonchev–Trinajstić information content (AvgIpc) is 3.74. The van der Waals surface area contributed by atoms with Gasteiger partial charge in [-0.15, -0.1) is 0 Å². The molecule has 3 heterocycles. The van der Waals surface area contributed by atoms with E-state index >= 15 is 0 Å². The summed E-state index contributed by atoms with van der Waals surface area (Å²) in [5.74, 6) is 1.84. The maximum absolute atomic E-state index is 5.15. The standard InChI is InChI=1S/C56H37N5/c1-3-13-38(14-4-1)40-24-29-43(30-25-40)54-58-55(44-31-26-41(27-32-44)48-33-28-39-15-7-8-18-45(39)35-48)60-56(59-54)50-22-12-20-47(37-50)46-19-11-21-49(36-46)53-52(42-16-5-2-6-17-42)57-51-23-9-10-34-61(51)53/h1-37H. The van der Waals surface area contributed by atoms with Crippen molar-refractivity contribution in [2.24, 2.45) is 0 Å². The lowest BCUT2D eigenvalue weighted by Gasteiger charge is -2.12. The van der Waals surface area contributed by atoms with Crippen molar-refractivity contribution in [3.63, 3.8) is 0 Å². The van der Waals surface area contributed by atoms with Gasteiger partial charge < -0.3 is 0 Å². The van der Waals surface area contributed by atoms with Gasteiger partial charge >= 0.3 is 0 Å². The predicted octanol–water partition coefficient (Wildman–Crippen LogP) is 14.0. The number of pyridine rings is 1. The summed E-state index contributed by atoms with van der Waals surface area (Å²) in [5, 5.41) is 2.45. The van der Waals surface area contributed by atoms with E-state index in [1.165, 1.54) is 16.3 Å². The number of hydrogen-bond donors (Lipinski definition) is 0. The zero-order valence-corrected chi connectivity index (χ0v) is 33.1. The molecule has 0 N–H and O–H groups in total. The Hall–Kier alpha value is -8.28. The zero-order valence-electron chi connectivity index (χ0n) is 33.1. The molecule has 0 radical (unpaired) electrons. The monoisotopic (exact) mass is 779 g/mol. The van der Waals surface area contributed by atoms with Gasteiger partial charge in [-0.25, -0.2) is 19.9 Å². The minimum atomic E-state index is 0.608. The van der Waals surface area contributed by atoms with E-state index in [0.717, 1.165) is 72.7 Å². The van der Waals surface area contributed by atoms with Gasteiger partial charge in [-0.1, -0.05) is 188 Å². The van der Waals surface area contributed by atoms with Crippen molar-refractivity contribution in [2.75, 3.05) is 0 Å². The molecule has 0 fully saturated rings. The Kier molecular flexibility index (Phi) is 9.10. The van der Waals surface area contributed by atoms with Crippen LogP contribution in [0.3, 0.4) is 0 Å². The summed E-state index contributed by atoms with van der Waals surface area (Å²) in [6, 6.07) is 76.1. The third-order valence-electron chi connectivity index (χ3n) is 11.3. The van der Waals surface area contributed by atoms with E-state index in [2.05, 4.69) is 211 Å². The molecule has 0 spiro atoms. The van der Waals surface area contributed by atoms with Crippen molar-refractivity contribution in [1.29, 1.82) is 0 Å². The Morgan fingerprint density at radius 2 is 0.705 bits per heavy atom. The summed E-state index contributed by atoms with van der Waals surface area (Å²) < 4.78 is 2.17. The molecular weight excluding hydrogens is 743 g/mol. The fraction of sp³-hybridized carbons (Fsp3) is 0. The second-order valence-electron chi connectivity index (χ2n) is 15.2. The number of benzene rings is 8. The molecule has 8 aromatic carbocycles. The maximum atomic E-state index is 5.15. The first kappa shape index (κ1) is 35.8. The molecule has 0 amide bonds. The summed E-state index contributed by atoms with van der Waals surface area (Å²) in [7, 11) is 0. The van der Waals surface area contributed by atoms with Crippen molar-refractivity contribution in [3.05, 3.63) is 225 Å². The fourth-order valence-corrected chi connectivity index (χ4v) is 8.14. The predicted molar refractivity (Wildman–Crippen MR) is 250 cm³/mol. The number of fused-ring (bicyclic) bond motifs is 2. The minimum absolute atomic E-state index is 0.608. The van der Waals surface area contributed by atoms with E-state index in [9.17, 15) is 0 Å². The van der Waals surface area contributed by atoms with Gasteiger partial charge in [-0.3, -0.25) is 4.40 Å². The molecule has 0 unspecified atom stereocenters. The maximum Gasteiger partial charge on any atom is 0.164 e. The van der Waals surface area contributed by atoms with Crippen molar-refractivity contribution in [1.82, 2.24) is 24.3 Å². The lowest BCUT2D eigenvalue weighted by Crippen LogP contribution is -2.00. The number of aromatic nitrogens is 5. The molecule has 11 aromatic rings. The van der Waals surface area contributed by atoms with E-state index in [1.807, 2.05) is 18.2 Å². The Morgan fingerprint density at radius 1 is 0.262 bits per heavy atom. The summed E-state index contributed by atoms with van der Waals surface area (Å²) in [6.07, 6.45) is 2.08. The van der Waals surface area contributed by atoms with E-state index in [1.54, 1.807) is 0 Å². The first-order chi connectivity index (χ1) is 30.2. The first-order valence-corrected chi connectivity index (χ1v) is 20.5. The second-order valence-corrected chi connectivity index (χ2v) is 15.2. The van der Waals surface area contributed by atoms with Crippen LogP contribution in [0.4, 0.5) is 0 Å². The summed E-state index contributed by atoms with van der Waals surface area (Å²) >= 11 is 0. The van der Waals surface area contributed by atoms with Crippen molar-refractivity contribution >= 4 is 16.4 Å². The van der Waals surface area contributed by atoms with Crippen molar-refractivity contribution in [3.8, 4) is 90.1 Å². The summed E-state index contributed by atoms with van der Waals surface area (Å²) in [4.78, 5) is 20.4. The highest BCUT2D eigenvalue weighted by molar-refractivity contribution is 5.88. The Bertz CT molecular complexity index is 3340. The number of imidazole rings is 1. The molecule has 0 bridgehead atoms. The molecule has 11 rings (SSSR count). The molecule has 61 heavy (non-hydrogen) atoms. The fourth-order valence-electron chi connectivity index (χ4n) is 8.14. The second kappa shape index (κ2) is 15.5. The van der Waals surface area contributed by atoms with Crippen LogP contribution in [0.15, 0.2) is 225 Å². The van der Waals surface area contributed by atoms with E-state index in [4.69, 9.17) is 19.9 Å². The smallest absolute Gasteiger partial charge is 0.164 e. The van der Waals surface area contributed by atoms with Crippen LogP contribution in [-0.4, -0.2) is 24.3 Å². The van der Waals surface area contributed by atoms with Crippen LogP contribution in [0.25, 0.3) is 106 Å². The minimum Gasteiger partial charge on any atom is -0.299 e. The number of rotatable bonds is 8. The van der Waals surface area contributed by atoms with Gasteiger partial charge in [-0.2, -0.15) is 0 Å². The van der Waals surface area contributed by atoms with Crippen LogP contribution in [0.5, 0.6) is 0 Å². The van der Waals surface area contributed by atoms with Crippen LogP contribution < -0.4 is 0 Å². The van der Waals surface area contributed by atoms with Crippen LogP contribution in [0, 0.1) is 0 Å². The van der Waals surface area contributed by atoms with E-state index in [0.29, 0.717) is 17.5 Å². The van der Waals surface area contributed by atoms with Gasteiger partial charge in [0.05, 0.1) is 11.4 Å². The van der Waals surface area contributed by atoms with Crippen molar-refractivity contribution < 1.29 is 0 Å². The van der Waals surface area contributed by atoms with Gasteiger partial charge in [0.2, 0.25) is 0 Å². The molecule has 0 atom stereocenters. The van der Waals surface area contributed by atoms with Crippen molar-refractivity contribution in [2.45, 2.75) is 0 Å². The number of hydrogen-bond acceptors (Lipinski definition) is 4. The van der Waals surface area contributed by atoms with Gasteiger partial charge in [0.1, 0.15) is 5.65 Å². The van der Waals surface area contributed by atoms with Crippen LogP contribution in [-0.2, 0) is 0 Å². The SMILES string of the molecule is c1ccc(-c2ccc(-c3nc(-c4ccc(-c5ccc6ccccc6c5)cc4)nc(-c4cccc(-c5cccc(-c6c(-c7ccccc7)nc7ccccn67)c5)c4)n3)cc2)cc1. The van der Waals surface area contributed by atoms with Gasteiger partial charge in [-0.05, 0) is 74.5 Å². The van der Waals surface area contributed by atoms with Crippen LogP contribution >= 0.6 is 0 Å². The molecule has 5 nitrogen and oxygen atoms in total. The Morgan fingerprint density at radius 3 is 1.38 bits per heavy atom. The van der Waals surface area contributed by atoms with E-state index < -0.39 is 0 Å². The van der Waals surface area contributed by atoms with Crippen LogP contribution in [0.2, 0.25) is 0 Å². The zero-order chi connectivity index (χ0) is 40.5. The van der Waals surface area contributed by atoms with Gasteiger partial charge in [0.15, 0.2) is 17.5 Å².